The highest BCUT2D eigenvalue weighted by Crippen LogP contribution is 2.25. The zero-order chi connectivity index (χ0) is 15.9. The van der Waals surface area contributed by atoms with Crippen LogP contribution < -0.4 is 0 Å². The van der Waals surface area contributed by atoms with Gasteiger partial charge < -0.3 is 5.11 Å². The van der Waals surface area contributed by atoms with E-state index in [1.165, 1.54) is 44.9 Å². The molecule has 2 heteroatoms. The Hall–Kier alpha value is -0.790. The summed E-state index contributed by atoms with van der Waals surface area (Å²) >= 11 is 0. The third kappa shape index (κ3) is 11.5. The molecule has 0 fully saturated rings. The Labute approximate surface area is 132 Å². The average molecular weight is 296 g/mol. The lowest BCUT2D eigenvalue weighted by Gasteiger charge is -2.19. The van der Waals surface area contributed by atoms with Crippen LogP contribution in [0.3, 0.4) is 0 Å². The van der Waals surface area contributed by atoms with Gasteiger partial charge in [0.05, 0.1) is 5.92 Å². The predicted molar refractivity (Wildman–Crippen MR) is 91.6 cm³/mol. The number of carboxylic acid groups (broad SMARTS) is 1. The van der Waals surface area contributed by atoms with Crippen LogP contribution in [0.25, 0.3) is 0 Å². The molecule has 0 aromatic carbocycles. The van der Waals surface area contributed by atoms with E-state index in [1.54, 1.807) is 0 Å². The molecule has 0 aromatic heterocycles. The third-order valence-electron chi connectivity index (χ3n) is 4.47. The van der Waals surface area contributed by atoms with Crippen molar-refractivity contribution in [2.24, 2.45) is 11.8 Å². The quantitative estimate of drug-likeness (QED) is 0.288. The standard InChI is InChI=1S/C19H36O2/c1-4-7-9-10-11-12-13-15-18(19(20)21)16-17(6-3)14-8-5-2/h4,17-18H,1,5-16H2,2-3H3,(H,20,21). The van der Waals surface area contributed by atoms with Crippen molar-refractivity contribution in [3.05, 3.63) is 12.7 Å². The molecule has 0 aliphatic carbocycles. The Bertz CT molecular complexity index is 260. The zero-order valence-corrected chi connectivity index (χ0v) is 14.3. The second-order valence-electron chi connectivity index (χ2n) is 6.32. The molecular formula is C19H36O2. The highest BCUT2D eigenvalue weighted by molar-refractivity contribution is 5.69. The number of aliphatic carboxylic acids is 1. The molecule has 0 bridgehead atoms. The number of allylic oxidation sites excluding steroid dienone is 1. The minimum absolute atomic E-state index is 0.125. The molecule has 124 valence electrons. The first kappa shape index (κ1) is 20.2. The molecular weight excluding hydrogens is 260 g/mol. The van der Waals surface area contributed by atoms with Crippen molar-refractivity contribution in [2.75, 3.05) is 0 Å². The summed E-state index contributed by atoms with van der Waals surface area (Å²) in [4.78, 5) is 11.4. The fraction of sp³-hybridized carbons (Fsp3) is 0.842. The summed E-state index contributed by atoms with van der Waals surface area (Å²) < 4.78 is 0. The van der Waals surface area contributed by atoms with Crippen LogP contribution in [0.4, 0.5) is 0 Å². The zero-order valence-electron chi connectivity index (χ0n) is 14.3. The predicted octanol–water partition coefficient (Wildman–Crippen LogP) is 6.21. The lowest BCUT2D eigenvalue weighted by Crippen LogP contribution is -2.18. The fourth-order valence-corrected chi connectivity index (χ4v) is 2.94. The van der Waals surface area contributed by atoms with E-state index in [9.17, 15) is 9.90 Å². The molecule has 0 aliphatic heterocycles. The fourth-order valence-electron chi connectivity index (χ4n) is 2.94. The van der Waals surface area contributed by atoms with E-state index >= 15 is 0 Å². The summed E-state index contributed by atoms with van der Waals surface area (Å²) in [5.74, 6) is -0.116. The molecule has 0 rings (SSSR count). The number of unbranched alkanes of at least 4 members (excludes halogenated alkanes) is 6. The van der Waals surface area contributed by atoms with Gasteiger partial charge in [-0.25, -0.2) is 0 Å². The van der Waals surface area contributed by atoms with Crippen molar-refractivity contribution in [1.29, 1.82) is 0 Å². The molecule has 0 spiro atoms. The van der Waals surface area contributed by atoms with E-state index in [0.29, 0.717) is 5.92 Å². The highest BCUT2D eigenvalue weighted by atomic mass is 16.4. The summed E-state index contributed by atoms with van der Waals surface area (Å²) in [7, 11) is 0. The monoisotopic (exact) mass is 296 g/mol. The van der Waals surface area contributed by atoms with Crippen molar-refractivity contribution in [1.82, 2.24) is 0 Å². The molecule has 2 atom stereocenters. The Morgan fingerprint density at radius 2 is 1.71 bits per heavy atom. The molecule has 0 saturated carbocycles. The summed E-state index contributed by atoms with van der Waals surface area (Å²) in [5, 5.41) is 9.40. The van der Waals surface area contributed by atoms with E-state index in [2.05, 4.69) is 20.4 Å². The van der Waals surface area contributed by atoms with Crippen molar-refractivity contribution < 1.29 is 9.90 Å². The molecule has 0 aliphatic rings. The first-order chi connectivity index (χ1) is 10.2. The number of hydrogen-bond acceptors (Lipinski definition) is 1. The van der Waals surface area contributed by atoms with Gasteiger partial charge in [-0.15, -0.1) is 6.58 Å². The molecule has 0 aromatic rings. The molecule has 21 heavy (non-hydrogen) atoms. The SMILES string of the molecule is C=CCCCCCCCC(CC(CC)CCCC)C(=O)O. The van der Waals surface area contributed by atoms with Gasteiger partial charge in [0, 0.05) is 0 Å². The smallest absolute Gasteiger partial charge is 0.306 e. The second-order valence-corrected chi connectivity index (χ2v) is 6.32. The number of carboxylic acids is 1. The maximum absolute atomic E-state index is 11.4. The van der Waals surface area contributed by atoms with Gasteiger partial charge in [0.1, 0.15) is 0 Å². The lowest BCUT2D eigenvalue weighted by molar-refractivity contribution is -0.142. The molecule has 2 nitrogen and oxygen atoms in total. The van der Waals surface area contributed by atoms with Gasteiger partial charge in [-0.05, 0) is 31.6 Å². The molecule has 0 heterocycles. The van der Waals surface area contributed by atoms with Crippen LogP contribution in [-0.4, -0.2) is 11.1 Å². The van der Waals surface area contributed by atoms with Crippen LogP contribution in [0.2, 0.25) is 0 Å². The first-order valence-electron chi connectivity index (χ1n) is 8.99. The minimum atomic E-state index is -0.586. The third-order valence-corrected chi connectivity index (χ3v) is 4.47. The number of carbonyl (C=O) groups is 1. The molecule has 0 radical (unpaired) electrons. The number of rotatable bonds is 15. The molecule has 2 unspecified atom stereocenters. The summed E-state index contributed by atoms with van der Waals surface area (Å²) in [6, 6.07) is 0. The summed E-state index contributed by atoms with van der Waals surface area (Å²) in [6.07, 6.45) is 15.5. The first-order valence-corrected chi connectivity index (χ1v) is 8.99. The summed E-state index contributed by atoms with van der Waals surface area (Å²) in [5.41, 5.74) is 0. The van der Waals surface area contributed by atoms with Crippen LogP contribution in [0.5, 0.6) is 0 Å². The van der Waals surface area contributed by atoms with Gasteiger partial charge in [-0.2, -0.15) is 0 Å². The topological polar surface area (TPSA) is 37.3 Å². The van der Waals surface area contributed by atoms with E-state index in [0.717, 1.165) is 32.1 Å². The largest absolute Gasteiger partial charge is 0.481 e. The van der Waals surface area contributed by atoms with Crippen molar-refractivity contribution in [3.8, 4) is 0 Å². The lowest BCUT2D eigenvalue weighted by atomic mass is 9.86. The van der Waals surface area contributed by atoms with E-state index in [1.807, 2.05) is 6.08 Å². The minimum Gasteiger partial charge on any atom is -0.481 e. The van der Waals surface area contributed by atoms with Crippen LogP contribution in [0.15, 0.2) is 12.7 Å². The van der Waals surface area contributed by atoms with Gasteiger partial charge >= 0.3 is 5.97 Å². The Morgan fingerprint density at radius 1 is 1.05 bits per heavy atom. The van der Waals surface area contributed by atoms with Crippen molar-refractivity contribution in [2.45, 2.75) is 90.9 Å². The maximum Gasteiger partial charge on any atom is 0.306 e. The van der Waals surface area contributed by atoms with Gasteiger partial charge in [0.25, 0.3) is 0 Å². The van der Waals surface area contributed by atoms with Gasteiger partial charge in [-0.3, -0.25) is 4.79 Å². The van der Waals surface area contributed by atoms with E-state index in [4.69, 9.17) is 0 Å². The Morgan fingerprint density at radius 3 is 2.29 bits per heavy atom. The van der Waals surface area contributed by atoms with E-state index < -0.39 is 5.97 Å². The van der Waals surface area contributed by atoms with Crippen molar-refractivity contribution >= 4 is 5.97 Å². The number of hydrogen-bond donors (Lipinski definition) is 1. The second kappa shape index (κ2) is 14.2. The normalized spacial score (nSPS) is 13.8. The maximum atomic E-state index is 11.4. The van der Waals surface area contributed by atoms with Gasteiger partial charge in [0.15, 0.2) is 0 Å². The molecule has 1 N–H and O–H groups in total. The van der Waals surface area contributed by atoms with Crippen LogP contribution >= 0.6 is 0 Å². The van der Waals surface area contributed by atoms with Crippen LogP contribution in [0, 0.1) is 11.8 Å². The van der Waals surface area contributed by atoms with Crippen molar-refractivity contribution in [3.63, 3.8) is 0 Å². The van der Waals surface area contributed by atoms with Crippen LogP contribution in [-0.2, 0) is 4.79 Å². The Kier molecular flexibility index (Phi) is 13.6. The van der Waals surface area contributed by atoms with Crippen LogP contribution in [0.1, 0.15) is 90.9 Å². The van der Waals surface area contributed by atoms with Gasteiger partial charge in [-0.1, -0.05) is 71.3 Å². The van der Waals surface area contributed by atoms with Gasteiger partial charge in [0.2, 0.25) is 0 Å². The highest BCUT2D eigenvalue weighted by Gasteiger charge is 2.21. The molecule has 0 amide bonds. The molecule has 0 saturated heterocycles. The van der Waals surface area contributed by atoms with E-state index in [-0.39, 0.29) is 5.92 Å². The Balaban J connectivity index is 3.90. The average Bonchev–Trinajstić information content (AvgIpc) is 2.48. The summed E-state index contributed by atoms with van der Waals surface area (Å²) in [6.45, 7) is 8.12.